The molecule has 0 saturated carbocycles. The van der Waals surface area contributed by atoms with Crippen molar-refractivity contribution < 1.29 is 17.9 Å². The Bertz CT molecular complexity index is 1010. The van der Waals surface area contributed by atoms with Crippen LogP contribution in [0.5, 0.6) is 5.75 Å². The first kappa shape index (κ1) is 22.1. The van der Waals surface area contributed by atoms with Crippen LogP contribution in [-0.2, 0) is 6.42 Å². The van der Waals surface area contributed by atoms with E-state index in [0.29, 0.717) is 12.5 Å². The van der Waals surface area contributed by atoms with Crippen LogP contribution in [0.25, 0.3) is 11.5 Å². The highest BCUT2D eigenvalue weighted by atomic mass is 19.1. The van der Waals surface area contributed by atoms with E-state index in [1.165, 1.54) is 0 Å². The molecule has 0 radical (unpaired) electrons. The van der Waals surface area contributed by atoms with E-state index in [0.717, 1.165) is 68.8 Å². The minimum Gasteiger partial charge on any atom is -0.493 e. The first-order chi connectivity index (χ1) is 15.5. The summed E-state index contributed by atoms with van der Waals surface area (Å²) in [6, 6.07) is 2.31. The Balaban J connectivity index is 1.22. The molecule has 1 aliphatic rings. The van der Waals surface area contributed by atoms with Crippen LogP contribution in [0.4, 0.5) is 14.7 Å². The molecular weight excluding hydrogens is 416 g/mol. The molecule has 1 aliphatic heterocycles. The molecule has 3 aromatic rings. The lowest BCUT2D eigenvalue weighted by atomic mass is 9.92. The Labute approximate surface area is 185 Å². The molecule has 170 valence electrons. The highest BCUT2D eigenvalue weighted by Crippen LogP contribution is 2.29. The van der Waals surface area contributed by atoms with Gasteiger partial charge in [-0.25, -0.2) is 18.7 Å². The second kappa shape index (κ2) is 10.0. The largest absolute Gasteiger partial charge is 0.493 e. The molecule has 7 nitrogen and oxygen atoms in total. The summed E-state index contributed by atoms with van der Waals surface area (Å²) in [5, 5.41) is 7.29. The lowest BCUT2D eigenvalue weighted by Gasteiger charge is -2.32. The molecule has 32 heavy (non-hydrogen) atoms. The van der Waals surface area contributed by atoms with Crippen LogP contribution in [0, 0.1) is 24.5 Å². The molecule has 0 bridgehead atoms. The Morgan fingerprint density at radius 3 is 2.38 bits per heavy atom. The minimum atomic E-state index is -0.787. The third-order valence-electron chi connectivity index (χ3n) is 5.78. The summed E-state index contributed by atoms with van der Waals surface area (Å²) in [6.07, 6.45) is 8.70. The van der Waals surface area contributed by atoms with Crippen molar-refractivity contribution in [1.82, 2.24) is 20.2 Å². The van der Waals surface area contributed by atoms with Crippen molar-refractivity contribution in [2.24, 2.45) is 5.92 Å². The zero-order valence-corrected chi connectivity index (χ0v) is 18.4. The molecule has 0 unspecified atom stereocenters. The van der Waals surface area contributed by atoms with E-state index in [9.17, 15) is 8.78 Å². The van der Waals surface area contributed by atoms with Crippen LogP contribution in [0.3, 0.4) is 0 Å². The number of nitrogens with zero attached hydrogens (tertiary/aromatic N) is 5. The van der Waals surface area contributed by atoms with E-state index >= 15 is 0 Å². The number of hydrogen-bond donors (Lipinski definition) is 0. The summed E-state index contributed by atoms with van der Waals surface area (Å²) in [6.45, 7) is 5.92. The SMILES string of the molecule is CCc1cnc(N2CCC(CCCOc3cc(F)c(-c4nnc(C)o4)c(F)c3)CC2)nc1. The van der Waals surface area contributed by atoms with Gasteiger partial charge in [0, 0.05) is 44.5 Å². The van der Waals surface area contributed by atoms with Crippen molar-refractivity contribution in [3.8, 4) is 17.2 Å². The Kier molecular flexibility index (Phi) is 6.92. The first-order valence-electron chi connectivity index (χ1n) is 11.0. The average Bonchev–Trinajstić information content (AvgIpc) is 3.22. The number of aromatic nitrogens is 4. The molecule has 4 rings (SSSR count). The molecule has 0 aliphatic carbocycles. The van der Waals surface area contributed by atoms with E-state index in [2.05, 4.69) is 32.0 Å². The maximum atomic E-state index is 14.4. The maximum absolute atomic E-state index is 14.4. The van der Waals surface area contributed by atoms with Crippen molar-refractivity contribution in [2.75, 3.05) is 24.6 Å². The van der Waals surface area contributed by atoms with E-state index in [-0.39, 0.29) is 23.1 Å². The zero-order chi connectivity index (χ0) is 22.5. The van der Waals surface area contributed by atoms with Crippen LogP contribution in [0.15, 0.2) is 28.9 Å². The predicted molar refractivity (Wildman–Crippen MR) is 115 cm³/mol. The highest BCUT2D eigenvalue weighted by Gasteiger charge is 2.21. The summed E-state index contributed by atoms with van der Waals surface area (Å²) in [5.74, 6) is 0.0421. The fraction of sp³-hybridized carbons (Fsp3) is 0.478. The predicted octanol–water partition coefficient (Wildman–Crippen LogP) is 4.75. The van der Waals surface area contributed by atoms with Crippen molar-refractivity contribution >= 4 is 5.95 Å². The number of aryl methyl sites for hydroxylation is 2. The van der Waals surface area contributed by atoms with Gasteiger partial charge in [-0.1, -0.05) is 6.92 Å². The number of piperidine rings is 1. The summed E-state index contributed by atoms with van der Waals surface area (Å²) >= 11 is 0. The van der Waals surface area contributed by atoms with Crippen molar-refractivity contribution in [1.29, 1.82) is 0 Å². The van der Waals surface area contributed by atoms with Crippen molar-refractivity contribution in [3.05, 3.63) is 47.6 Å². The lowest BCUT2D eigenvalue weighted by molar-refractivity contribution is 0.277. The summed E-state index contributed by atoms with van der Waals surface area (Å²) in [4.78, 5) is 11.2. The number of benzene rings is 1. The number of anilines is 1. The van der Waals surface area contributed by atoms with Crippen LogP contribution in [0.1, 0.15) is 44.1 Å². The third-order valence-corrected chi connectivity index (χ3v) is 5.78. The molecule has 0 amide bonds. The molecule has 9 heteroatoms. The van der Waals surface area contributed by atoms with Gasteiger partial charge in [-0.05, 0) is 43.6 Å². The molecule has 0 spiro atoms. The Morgan fingerprint density at radius 1 is 1.09 bits per heavy atom. The Morgan fingerprint density at radius 2 is 1.78 bits per heavy atom. The van der Waals surface area contributed by atoms with E-state index in [4.69, 9.17) is 9.15 Å². The molecule has 1 aromatic carbocycles. The third kappa shape index (κ3) is 5.20. The van der Waals surface area contributed by atoms with Gasteiger partial charge < -0.3 is 14.1 Å². The van der Waals surface area contributed by atoms with Gasteiger partial charge in [-0.15, -0.1) is 10.2 Å². The second-order valence-corrected chi connectivity index (χ2v) is 8.05. The standard InChI is InChI=1S/C23H27F2N5O2/c1-3-16-13-26-23(27-14-16)30-8-6-17(7-9-30)5-4-10-31-18-11-19(24)21(20(25)12-18)22-29-28-15(2)32-22/h11-14,17H,3-10H2,1-2H3. The molecule has 1 saturated heterocycles. The Hall–Kier alpha value is -3.10. The molecule has 0 atom stereocenters. The first-order valence-corrected chi connectivity index (χ1v) is 11.0. The van der Waals surface area contributed by atoms with Crippen LogP contribution in [0.2, 0.25) is 0 Å². The second-order valence-electron chi connectivity index (χ2n) is 8.05. The highest BCUT2D eigenvalue weighted by molar-refractivity contribution is 5.56. The fourth-order valence-corrected chi connectivity index (χ4v) is 3.91. The summed E-state index contributed by atoms with van der Waals surface area (Å²) in [5.41, 5.74) is 0.806. The van der Waals surface area contributed by atoms with Gasteiger partial charge in [-0.3, -0.25) is 0 Å². The van der Waals surface area contributed by atoms with Crippen molar-refractivity contribution in [3.63, 3.8) is 0 Å². The lowest BCUT2D eigenvalue weighted by Crippen LogP contribution is -2.35. The van der Waals surface area contributed by atoms with Gasteiger partial charge in [0.15, 0.2) is 0 Å². The zero-order valence-electron chi connectivity index (χ0n) is 18.4. The number of rotatable bonds is 8. The molecule has 0 N–H and O–H groups in total. The monoisotopic (exact) mass is 443 g/mol. The molecular formula is C23H27F2N5O2. The van der Waals surface area contributed by atoms with Gasteiger partial charge in [0.25, 0.3) is 5.89 Å². The number of ether oxygens (including phenoxy) is 1. The van der Waals surface area contributed by atoms with E-state index in [1.54, 1.807) is 6.92 Å². The molecule has 2 aromatic heterocycles. The molecule has 1 fully saturated rings. The normalized spacial score (nSPS) is 14.7. The quantitative estimate of drug-likeness (QED) is 0.465. The van der Waals surface area contributed by atoms with Crippen LogP contribution < -0.4 is 9.64 Å². The molecule has 3 heterocycles. The minimum absolute atomic E-state index is 0.155. The van der Waals surface area contributed by atoms with Crippen molar-refractivity contribution in [2.45, 2.75) is 46.0 Å². The smallest absolute Gasteiger partial charge is 0.253 e. The van der Waals surface area contributed by atoms with Gasteiger partial charge in [0.2, 0.25) is 11.8 Å². The number of hydrogen-bond acceptors (Lipinski definition) is 7. The fourth-order valence-electron chi connectivity index (χ4n) is 3.91. The van der Waals surface area contributed by atoms with E-state index < -0.39 is 11.6 Å². The number of halogens is 2. The summed E-state index contributed by atoms with van der Waals surface area (Å²) < 4.78 is 39.4. The van der Waals surface area contributed by atoms with Crippen LogP contribution in [-0.4, -0.2) is 39.9 Å². The average molecular weight is 443 g/mol. The van der Waals surface area contributed by atoms with Gasteiger partial charge in [0.1, 0.15) is 22.9 Å². The van der Waals surface area contributed by atoms with Gasteiger partial charge >= 0.3 is 0 Å². The topological polar surface area (TPSA) is 77.2 Å². The summed E-state index contributed by atoms with van der Waals surface area (Å²) in [7, 11) is 0. The van der Waals surface area contributed by atoms with Crippen LogP contribution >= 0.6 is 0 Å². The maximum Gasteiger partial charge on any atom is 0.253 e. The van der Waals surface area contributed by atoms with Gasteiger partial charge in [0.05, 0.1) is 6.61 Å². The van der Waals surface area contributed by atoms with E-state index in [1.807, 2.05) is 12.4 Å². The van der Waals surface area contributed by atoms with Gasteiger partial charge in [-0.2, -0.15) is 0 Å².